The molecule has 1 aromatic carbocycles. The molecule has 0 radical (unpaired) electrons. The summed E-state index contributed by atoms with van der Waals surface area (Å²) < 4.78 is 60.5. The van der Waals surface area contributed by atoms with Gasteiger partial charge in [0, 0.05) is 12.5 Å². The van der Waals surface area contributed by atoms with Crippen molar-refractivity contribution in [2.24, 2.45) is 5.10 Å². The number of carbonyl (C=O) groups excluding carboxylic acids is 1. The van der Waals surface area contributed by atoms with E-state index >= 15 is 0 Å². The highest BCUT2D eigenvalue weighted by Crippen LogP contribution is 2.78. The van der Waals surface area contributed by atoms with Crippen LogP contribution in [0.25, 0.3) is 0 Å². The summed E-state index contributed by atoms with van der Waals surface area (Å²) in [6, 6.07) is 4.68. The Morgan fingerprint density at radius 2 is 1.45 bits per heavy atom. The number of carbonyl (C=O) groups is 1. The van der Waals surface area contributed by atoms with Gasteiger partial charge in [0.1, 0.15) is 17.2 Å². The second-order valence-corrected chi connectivity index (χ2v) is 11.6. The lowest BCUT2D eigenvalue weighted by molar-refractivity contribution is 0.106. The number of hydrogen-bond acceptors (Lipinski definition) is 11. The Bertz CT molecular complexity index is 917. The zero-order chi connectivity index (χ0) is 24.7. The number of nitrogens with zero attached hydrogens (tertiary/aromatic N) is 1. The van der Waals surface area contributed by atoms with Gasteiger partial charge in [-0.15, -0.1) is 0 Å². The lowest BCUT2D eigenvalue weighted by Crippen LogP contribution is -2.42. The molecule has 0 amide bonds. The number of rotatable bonds is 14. The monoisotopic (exact) mass is 506 g/mol. The van der Waals surface area contributed by atoms with Crippen molar-refractivity contribution < 1.29 is 41.5 Å². The molecule has 1 N–H and O–H groups in total. The van der Waals surface area contributed by atoms with Crippen LogP contribution in [0.5, 0.6) is 11.5 Å². The van der Waals surface area contributed by atoms with E-state index < -0.39 is 26.0 Å². The normalized spacial score (nSPS) is 15.6. The van der Waals surface area contributed by atoms with E-state index in [1.165, 1.54) is 20.3 Å². The zero-order valence-corrected chi connectivity index (χ0v) is 21.6. The summed E-state index contributed by atoms with van der Waals surface area (Å²) in [6.07, 6.45) is -0.379. The minimum atomic E-state index is -4.22. The first-order valence-electron chi connectivity index (χ1n) is 10.6. The van der Waals surface area contributed by atoms with Gasteiger partial charge in [-0.05, 0) is 39.8 Å². The molecule has 1 aliphatic rings. The highest BCUT2D eigenvalue weighted by atomic mass is 31.2. The average Bonchev–Trinajstić information content (AvgIpc) is 3.27. The molecule has 2 rings (SSSR count). The van der Waals surface area contributed by atoms with Gasteiger partial charge in [0.15, 0.2) is 0 Å². The van der Waals surface area contributed by atoms with Gasteiger partial charge in [0.2, 0.25) is 5.78 Å². The summed E-state index contributed by atoms with van der Waals surface area (Å²) in [5, 5.41) is 2.07. The quantitative estimate of drug-likeness (QED) is 0.286. The third kappa shape index (κ3) is 5.19. The lowest BCUT2D eigenvalue weighted by atomic mass is 10.0. The second kappa shape index (κ2) is 11.6. The van der Waals surface area contributed by atoms with Gasteiger partial charge in [-0.25, -0.2) is 0 Å². The largest absolute Gasteiger partial charge is 0.497 e. The highest BCUT2D eigenvalue weighted by Gasteiger charge is 2.68. The van der Waals surface area contributed by atoms with E-state index in [1.807, 2.05) is 0 Å². The minimum Gasteiger partial charge on any atom is -0.497 e. The van der Waals surface area contributed by atoms with E-state index in [0.29, 0.717) is 5.75 Å². The third-order valence-corrected chi connectivity index (χ3v) is 11.0. The predicted octanol–water partition coefficient (Wildman–Crippen LogP) is 4.42. The van der Waals surface area contributed by atoms with Gasteiger partial charge >= 0.3 is 15.2 Å². The first kappa shape index (κ1) is 27.5. The van der Waals surface area contributed by atoms with E-state index in [9.17, 15) is 13.9 Å². The van der Waals surface area contributed by atoms with Crippen LogP contribution in [0, 0.1) is 0 Å². The van der Waals surface area contributed by atoms with Crippen molar-refractivity contribution in [3.8, 4) is 11.5 Å². The Labute approximate surface area is 194 Å². The molecule has 1 aliphatic heterocycles. The molecule has 0 aliphatic carbocycles. The molecule has 11 nitrogen and oxygen atoms in total. The maximum absolute atomic E-state index is 14.0. The van der Waals surface area contributed by atoms with Crippen LogP contribution in [0.3, 0.4) is 0 Å². The second-order valence-electron chi connectivity index (χ2n) is 6.73. The van der Waals surface area contributed by atoms with Crippen molar-refractivity contribution in [1.82, 2.24) is 5.43 Å². The average molecular weight is 506 g/mol. The summed E-state index contributed by atoms with van der Waals surface area (Å²) in [5.41, 5.74) is 2.76. The summed E-state index contributed by atoms with van der Waals surface area (Å²) in [6.45, 7) is 6.46. The fraction of sp³-hybridized carbons (Fsp3) is 0.600. The zero-order valence-electron chi connectivity index (χ0n) is 19.8. The van der Waals surface area contributed by atoms with Gasteiger partial charge in [0.05, 0.1) is 46.2 Å². The van der Waals surface area contributed by atoms with Crippen molar-refractivity contribution in [2.75, 3.05) is 40.6 Å². The van der Waals surface area contributed by atoms with E-state index in [-0.39, 0.29) is 49.9 Å². The van der Waals surface area contributed by atoms with Gasteiger partial charge in [-0.2, -0.15) is 5.10 Å². The summed E-state index contributed by atoms with van der Waals surface area (Å²) >= 11 is 0. The Morgan fingerprint density at radius 3 is 1.88 bits per heavy atom. The fourth-order valence-electron chi connectivity index (χ4n) is 3.39. The Morgan fingerprint density at radius 1 is 0.939 bits per heavy atom. The summed E-state index contributed by atoms with van der Waals surface area (Å²) in [4.78, 5) is 13.4. The maximum atomic E-state index is 14.0. The van der Waals surface area contributed by atoms with Crippen LogP contribution >= 0.6 is 15.2 Å². The van der Waals surface area contributed by atoms with E-state index in [4.69, 9.17) is 27.6 Å². The number of nitrogens with one attached hydrogen (secondary N) is 1. The number of hydrazone groups is 1. The molecule has 0 unspecified atom stereocenters. The van der Waals surface area contributed by atoms with Gasteiger partial charge < -0.3 is 27.6 Å². The van der Waals surface area contributed by atoms with Crippen molar-refractivity contribution in [1.29, 1.82) is 0 Å². The third-order valence-electron chi connectivity index (χ3n) is 4.80. The molecule has 33 heavy (non-hydrogen) atoms. The predicted molar refractivity (Wildman–Crippen MR) is 124 cm³/mol. The number of benzene rings is 1. The van der Waals surface area contributed by atoms with Crippen molar-refractivity contribution in [2.45, 2.75) is 39.1 Å². The molecule has 0 aromatic heterocycles. The smallest absolute Gasteiger partial charge is 0.370 e. The van der Waals surface area contributed by atoms with Crippen LogP contribution in [0.4, 0.5) is 0 Å². The maximum Gasteiger partial charge on any atom is 0.370 e. The Kier molecular flexibility index (Phi) is 9.67. The molecule has 13 heteroatoms. The van der Waals surface area contributed by atoms with Gasteiger partial charge in [-0.1, -0.05) is 0 Å². The van der Waals surface area contributed by atoms with Crippen molar-refractivity contribution in [3.05, 3.63) is 23.8 Å². The molecule has 1 heterocycles. The number of Topliss-reactive ketones (excluding diaryl/α,β-unsaturated/α-hetero) is 1. The molecular weight excluding hydrogens is 474 g/mol. The van der Waals surface area contributed by atoms with E-state index in [2.05, 4.69) is 10.5 Å². The van der Waals surface area contributed by atoms with Crippen LogP contribution in [0.2, 0.25) is 0 Å². The molecule has 186 valence electrons. The number of ketones is 1. The Hall–Kier alpha value is -1.74. The molecule has 0 saturated heterocycles. The standard InChI is InChI=1S/C20H32N2O9P2/c1-7-28-32(24,29-8-2)20(33(25,30-9-3)31-10-4)14-17(21-22-20)19(23)16-12-11-15(26-5)13-18(16)27-6/h11-13,22H,7-10,14H2,1-6H3. The molecule has 0 bridgehead atoms. The highest BCUT2D eigenvalue weighted by molar-refractivity contribution is 7.74. The number of methoxy groups -OCH3 is 2. The molecule has 0 spiro atoms. The van der Waals surface area contributed by atoms with Crippen LogP contribution in [-0.2, 0) is 27.2 Å². The number of ether oxygens (including phenoxy) is 2. The molecular formula is C20H32N2O9P2. The first-order chi connectivity index (χ1) is 15.7. The minimum absolute atomic E-state index is 0.00542. The lowest BCUT2D eigenvalue weighted by Gasteiger charge is -2.38. The van der Waals surface area contributed by atoms with Gasteiger partial charge in [-0.3, -0.25) is 19.4 Å². The molecule has 1 aromatic rings. The molecule has 0 atom stereocenters. The van der Waals surface area contributed by atoms with Crippen LogP contribution < -0.4 is 14.9 Å². The first-order valence-corrected chi connectivity index (χ1v) is 13.7. The molecule has 0 saturated carbocycles. The Balaban J connectivity index is 2.58. The van der Waals surface area contributed by atoms with Crippen LogP contribution in [0.15, 0.2) is 23.3 Å². The van der Waals surface area contributed by atoms with Crippen LogP contribution in [0.1, 0.15) is 44.5 Å². The summed E-state index contributed by atoms with van der Waals surface area (Å²) in [5.74, 6) is 0.233. The summed E-state index contributed by atoms with van der Waals surface area (Å²) in [7, 11) is -5.53. The van der Waals surface area contributed by atoms with Crippen molar-refractivity contribution >= 4 is 26.7 Å². The number of hydrogen-bond donors (Lipinski definition) is 1. The fourth-order valence-corrected chi connectivity index (χ4v) is 8.68. The SMILES string of the molecule is CCOP(=O)(OCC)C1(P(=O)(OCC)OCC)CC(C(=O)c2ccc(OC)cc2OC)=NN1. The van der Waals surface area contributed by atoms with Crippen molar-refractivity contribution in [3.63, 3.8) is 0 Å². The topological polar surface area (TPSA) is 131 Å². The van der Waals surface area contributed by atoms with Crippen LogP contribution in [-0.4, -0.2) is 57.2 Å². The van der Waals surface area contributed by atoms with Gasteiger partial charge in [0.25, 0.3) is 5.02 Å². The van der Waals surface area contributed by atoms with E-state index in [1.54, 1.807) is 39.8 Å². The molecule has 0 fully saturated rings. The van der Waals surface area contributed by atoms with E-state index in [0.717, 1.165) is 0 Å².